The third-order valence-electron chi connectivity index (χ3n) is 3.09. The zero-order valence-corrected chi connectivity index (χ0v) is 13.8. The lowest BCUT2D eigenvalue weighted by Gasteiger charge is -2.08. The summed E-state index contributed by atoms with van der Waals surface area (Å²) in [6, 6.07) is 16.0. The second-order valence-corrected chi connectivity index (χ2v) is 6.01. The van der Waals surface area contributed by atoms with Crippen LogP contribution in [0.25, 0.3) is 0 Å². The molecule has 0 fully saturated rings. The summed E-state index contributed by atoms with van der Waals surface area (Å²) >= 11 is 1.55. The van der Waals surface area contributed by atoms with Crippen LogP contribution in [0.2, 0.25) is 0 Å². The third kappa shape index (κ3) is 5.45. The van der Waals surface area contributed by atoms with E-state index in [9.17, 15) is 4.79 Å². The van der Waals surface area contributed by atoms with E-state index in [1.165, 1.54) is 5.56 Å². The summed E-state index contributed by atoms with van der Waals surface area (Å²) in [4.78, 5) is 13.0. The molecular formula is C18H21NO2S. The molecule has 0 heterocycles. The summed E-state index contributed by atoms with van der Waals surface area (Å²) < 4.78 is 5.45. The van der Waals surface area contributed by atoms with Crippen LogP contribution >= 0.6 is 11.8 Å². The van der Waals surface area contributed by atoms with Crippen molar-refractivity contribution in [2.24, 2.45) is 0 Å². The molecule has 1 N–H and O–H groups in total. The van der Waals surface area contributed by atoms with Crippen molar-refractivity contribution in [3.63, 3.8) is 0 Å². The molecule has 2 aromatic rings. The van der Waals surface area contributed by atoms with E-state index in [2.05, 4.69) is 24.4 Å². The fourth-order valence-corrected chi connectivity index (χ4v) is 2.68. The van der Waals surface area contributed by atoms with Gasteiger partial charge < -0.3 is 10.1 Å². The number of carbonyl (C=O) groups is 1. The van der Waals surface area contributed by atoms with Crippen LogP contribution in [0.4, 0.5) is 0 Å². The van der Waals surface area contributed by atoms with Crippen molar-refractivity contribution in [1.82, 2.24) is 5.32 Å². The number of benzene rings is 2. The SMILES string of the molecule is CCOc1cccc(CNC(=O)CSc2ccc(C)cc2)c1. The molecule has 0 saturated heterocycles. The molecule has 116 valence electrons. The molecule has 0 atom stereocenters. The average molecular weight is 315 g/mol. The van der Waals surface area contributed by atoms with E-state index in [1.807, 2.05) is 43.3 Å². The highest BCUT2D eigenvalue weighted by molar-refractivity contribution is 8.00. The molecule has 22 heavy (non-hydrogen) atoms. The maximum Gasteiger partial charge on any atom is 0.230 e. The van der Waals surface area contributed by atoms with Gasteiger partial charge in [0.25, 0.3) is 0 Å². The predicted octanol–water partition coefficient (Wildman–Crippen LogP) is 3.80. The van der Waals surface area contributed by atoms with Crippen LogP contribution in [0.5, 0.6) is 5.75 Å². The van der Waals surface area contributed by atoms with Gasteiger partial charge in [-0.25, -0.2) is 0 Å². The van der Waals surface area contributed by atoms with Crippen molar-refractivity contribution >= 4 is 17.7 Å². The first-order chi connectivity index (χ1) is 10.7. The summed E-state index contributed by atoms with van der Waals surface area (Å²) in [6.07, 6.45) is 0. The fourth-order valence-electron chi connectivity index (χ4n) is 1.95. The van der Waals surface area contributed by atoms with Crippen molar-refractivity contribution in [3.05, 3.63) is 59.7 Å². The summed E-state index contributed by atoms with van der Waals surface area (Å²) in [5.41, 5.74) is 2.27. The number of rotatable bonds is 7. The molecule has 0 saturated carbocycles. The second kappa shape index (κ2) is 8.49. The number of aryl methyl sites for hydroxylation is 1. The van der Waals surface area contributed by atoms with Gasteiger partial charge in [-0.15, -0.1) is 11.8 Å². The van der Waals surface area contributed by atoms with Crippen LogP contribution in [-0.4, -0.2) is 18.3 Å². The lowest BCUT2D eigenvalue weighted by Crippen LogP contribution is -2.24. The Hall–Kier alpha value is -1.94. The molecule has 4 heteroatoms. The second-order valence-electron chi connectivity index (χ2n) is 4.96. The molecule has 3 nitrogen and oxygen atoms in total. The van der Waals surface area contributed by atoms with Gasteiger partial charge >= 0.3 is 0 Å². The Morgan fingerprint density at radius 2 is 1.95 bits per heavy atom. The lowest BCUT2D eigenvalue weighted by molar-refractivity contribution is -0.118. The molecule has 0 aliphatic rings. The van der Waals surface area contributed by atoms with Crippen molar-refractivity contribution in [2.75, 3.05) is 12.4 Å². The number of amides is 1. The van der Waals surface area contributed by atoms with Gasteiger partial charge in [0, 0.05) is 11.4 Å². The Labute approximate surface area is 136 Å². The minimum atomic E-state index is 0.0346. The van der Waals surface area contributed by atoms with Crippen LogP contribution in [0.15, 0.2) is 53.4 Å². The zero-order valence-electron chi connectivity index (χ0n) is 13.0. The first-order valence-corrected chi connectivity index (χ1v) is 8.34. The van der Waals surface area contributed by atoms with Crippen molar-refractivity contribution in [3.8, 4) is 5.75 Å². The van der Waals surface area contributed by atoms with Gasteiger partial charge in [-0.1, -0.05) is 29.8 Å². The van der Waals surface area contributed by atoms with Crippen molar-refractivity contribution in [2.45, 2.75) is 25.3 Å². The lowest BCUT2D eigenvalue weighted by atomic mass is 10.2. The van der Waals surface area contributed by atoms with E-state index in [1.54, 1.807) is 11.8 Å². The van der Waals surface area contributed by atoms with E-state index < -0.39 is 0 Å². The molecule has 2 rings (SSSR count). The largest absolute Gasteiger partial charge is 0.494 e. The fraction of sp³-hybridized carbons (Fsp3) is 0.278. The Balaban J connectivity index is 1.77. The number of nitrogens with one attached hydrogen (secondary N) is 1. The minimum Gasteiger partial charge on any atom is -0.494 e. The Morgan fingerprint density at radius 3 is 2.68 bits per heavy atom. The molecule has 0 radical (unpaired) electrons. The normalized spacial score (nSPS) is 10.3. The van der Waals surface area contributed by atoms with Crippen LogP contribution in [0.3, 0.4) is 0 Å². The van der Waals surface area contributed by atoms with E-state index in [4.69, 9.17) is 4.74 Å². The quantitative estimate of drug-likeness (QED) is 0.790. The maximum absolute atomic E-state index is 11.9. The summed E-state index contributed by atoms with van der Waals surface area (Å²) in [5.74, 6) is 1.30. The average Bonchev–Trinajstić information content (AvgIpc) is 2.53. The summed E-state index contributed by atoms with van der Waals surface area (Å²) in [7, 11) is 0. The van der Waals surface area contributed by atoms with Gasteiger partial charge in [-0.2, -0.15) is 0 Å². The monoisotopic (exact) mass is 315 g/mol. The highest BCUT2D eigenvalue weighted by Crippen LogP contribution is 2.18. The van der Waals surface area contributed by atoms with Crippen molar-refractivity contribution < 1.29 is 9.53 Å². The predicted molar refractivity (Wildman–Crippen MR) is 91.4 cm³/mol. The molecule has 2 aromatic carbocycles. The maximum atomic E-state index is 11.9. The molecular weight excluding hydrogens is 294 g/mol. The topological polar surface area (TPSA) is 38.3 Å². The highest BCUT2D eigenvalue weighted by Gasteiger charge is 2.03. The number of thioether (sulfide) groups is 1. The van der Waals surface area contributed by atoms with Crippen molar-refractivity contribution in [1.29, 1.82) is 0 Å². The van der Waals surface area contributed by atoms with E-state index >= 15 is 0 Å². The third-order valence-corrected chi connectivity index (χ3v) is 4.10. The number of hydrogen-bond donors (Lipinski definition) is 1. The van der Waals surface area contributed by atoms with E-state index in [-0.39, 0.29) is 5.91 Å². The first-order valence-electron chi connectivity index (χ1n) is 7.35. The number of ether oxygens (including phenoxy) is 1. The van der Waals surface area contributed by atoms with Gasteiger partial charge in [-0.3, -0.25) is 4.79 Å². The van der Waals surface area contributed by atoms with Gasteiger partial charge in [0.15, 0.2) is 0 Å². The highest BCUT2D eigenvalue weighted by atomic mass is 32.2. The first kappa shape index (κ1) is 16.4. The smallest absolute Gasteiger partial charge is 0.230 e. The van der Waals surface area contributed by atoms with Crippen LogP contribution in [0, 0.1) is 6.92 Å². The van der Waals surface area contributed by atoms with Crippen LogP contribution in [-0.2, 0) is 11.3 Å². The standard InChI is InChI=1S/C18H21NO2S/c1-3-21-16-6-4-5-15(11-16)12-19-18(20)13-22-17-9-7-14(2)8-10-17/h4-11H,3,12-13H2,1-2H3,(H,19,20). The van der Waals surface area contributed by atoms with Crippen LogP contribution in [0.1, 0.15) is 18.1 Å². The Bertz CT molecular complexity index is 611. The summed E-state index contributed by atoms with van der Waals surface area (Å²) in [5, 5.41) is 2.93. The minimum absolute atomic E-state index is 0.0346. The van der Waals surface area contributed by atoms with E-state index in [0.29, 0.717) is 18.9 Å². The van der Waals surface area contributed by atoms with Gasteiger partial charge in [0.2, 0.25) is 5.91 Å². The van der Waals surface area contributed by atoms with Gasteiger partial charge in [0.05, 0.1) is 12.4 Å². The Morgan fingerprint density at radius 1 is 1.18 bits per heavy atom. The Kier molecular flexibility index (Phi) is 6.34. The molecule has 0 bridgehead atoms. The molecule has 0 aromatic heterocycles. The van der Waals surface area contributed by atoms with Crippen LogP contribution < -0.4 is 10.1 Å². The zero-order chi connectivity index (χ0) is 15.8. The molecule has 1 amide bonds. The molecule has 0 spiro atoms. The van der Waals surface area contributed by atoms with Gasteiger partial charge in [0.1, 0.15) is 5.75 Å². The number of hydrogen-bond acceptors (Lipinski definition) is 3. The summed E-state index contributed by atoms with van der Waals surface area (Å²) in [6.45, 7) is 5.17. The van der Waals surface area contributed by atoms with E-state index in [0.717, 1.165) is 16.2 Å². The number of carbonyl (C=O) groups excluding carboxylic acids is 1. The molecule has 0 unspecified atom stereocenters. The molecule has 0 aliphatic carbocycles. The molecule has 0 aliphatic heterocycles. The van der Waals surface area contributed by atoms with Gasteiger partial charge in [-0.05, 0) is 43.7 Å².